The fourth-order valence-electron chi connectivity index (χ4n) is 2.01. The van der Waals surface area contributed by atoms with Gasteiger partial charge in [0.25, 0.3) is 0 Å². The van der Waals surface area contributed by atoms with Gasteiger partial charge in [-0.25, -0.2) is 14.4 Å². The van der Waals surface area contributed by atoms with E-state index in [1.54, 1.807) is 0 Å². The third-order valence-electron chi connectivity index (χ3n) is 3.08. The number of nitrogens with one attached hydrogen (secondary N) is 1. The molecule has 2 aromatic rings. The van der Waals surface area contributed by atoms with Crippen molar-refractivity contribution in [3.63, 3.8) is 0 Å². The number of nitrogens with zero attached hydrogens (tertiary/aromatic N) is 2. The third kappa shape index (κ3) is 3.51. The summed E-state index contributed by atoms with van der Waals surface area (Å²) in [6.07, 6.45) is 2.44. The molecule has 0 saturated heterocycles. The largest absolute Gasteiger partial charge is 0.394 e. The Morgan fingerprint density at radius 3 is 2.65 bits per heavy atom. The van der Waals surface area contributed by atoms with E-state index in [4.69, 9.17) is 0 Å². The lowest BCUT2D eigenvalue weighted by Crippen LogP contribution is -2.27. The van der Waals surface area contributed by atoms with Crippen molar-refractivity contribution in [1.29, 1.82) is 0 Å². The van der Waals surface area contributed by atoms with E-state index >= 15 is 0 Å². The van der Waals surface area contributed by atoms with Crippen LogP contribution in [0.25, 0.3) is 0 Å². The van der Waals surface area contributed by atoms with Crippen molar-refractivity contribution in [1.82, 2.24) is 9.97 Å². The van der Waals surface area contributed by atoms with Crippen LogP contribution in [0, 0.1) is 5.82 Å². The minimum Gasteiger partial charge on any atom is -0.394 e. The summed E-state index contributed by atoms with van der Waals surface area (Å²) in [7, 11) is 0. The van der Waals surface area contributed by atoms with Gasteiger partial charge in [-0.3, -0.25) is 0 Å². The lowest BCUT2D eigenvalue weighted by molar-refractivity contribution is 0.273. The van der Waals surface area contributed by atoms with Gasteiger partial charge in [-0.15, -0.1) is 0 Å². The molecule has 0 spiro atoms. The number of aryl methyl sites for hydroxylation is 1. The molecule has 2 N–H and O–H groups in total. The normalized spacial score (nSPS) is 12.2. The van der Waals surface area contributed by atoms with E-state index in [0.717, 1.165) is 5.56 Å². The van der Waals surface area contributed by atoms with Crippen molar-refractivity contribution in [3.8, 4) is 0 Å². The highest BCUT2D eigenvalue weighted by Crippen LogP contribution is 2.15. The zero-order valence-corrected chi connectivity index (χ0v) is 11.4. The van der Waals surface area contributed by atoms with Crippen LogP contribution in [-0.2, 0) is 12.8 Å². The van der Waals surface area contributed by atoms with Gasteiger partial charge in [0.15, 0.2) is 11.6 Å². The molecule has 20 heavy (non-hydrogen) atoms. The molecule has 0 saturated carbocycles. The smallest absolute Gasteiger partial charge is 0.186 e. The van der Waals surface area contributed by atoms with E-state index in [1.807, 2.05) is 37.3 Å². The number of aromatic nitrogens is 2. The number of hydrogen-bond acceptors (Lipinski definition) is 4. The first-order chi connectivity index (χ1) is 9.74. The average Bonchev–Trinajstić information content (AvgIpc) is 2.49. The molecule has 1 atom stereocenters. The van der Waals surface area contributed by atoms with Gasteiger partial charge in [0.2, 0.25) is 0 Å². The van der Waals surface area contributed by atoms with Crippen LogP contribution in [0.4, 0.5) is 10.2 Å². The number of aliphatic hydroxyl groups is 1. The van der Waals surface area contributed by atoms with Gasteiger partial charge in [0.1, 0.15) is 6.33 Å². The number of hydrogen-bond donors (Lipinski definition) is 2. The second-order valence-electron chi connectivity index (χ2n) is 4.55. The van der Waals surface area contributed by atoms with E-state index < -0.39 is 5.82 Å². The molecule has 106 valence electrons. The monoisotopic (exact) mass is 275 g/mol. The van der Waals surface area contributed by atoms with E-state index in [2.05, 4.69) is 15.3 Å². The molecule has 4 nitrogen and oxygen atoms in total. The number of halogens is 1. The molecular weight excluding hydrogens is 257 g/mol. The molecule has 1 heterocycles. The maximum absolute atomic E-state index is 14.0. The van der Waals surface area contributed by atoms with Crippen LogP contribution >= 0.6 is 0 Å². The van der Waals surface area contributed by atoms with Crippen LogP contribution in [0.3, 0.4) is 0 Å². The Labute approximate surface area is 117 Å². The van der Waals surface area contributed by atoms with E-state index in [9.17, 15) is 9.50 Å². The summed E-state index contributed by atoms with van der Waals surface area (Å²) in [5, 5.41) is 12.4. The standard InChI is InChI=1S/C15H18FN3O/c1-2-13-14(16)15(18-10-17-13)19-12(9-20)8-11-6-4-3-5-7-11/h3-7,10,12,20H,2,8-9H2,1H3,(H,17,18,19)/t12-/m0/s1. The van der Waals surface area contributed by atoms with Crippen LogP contribution in [-0.4, -0.2) is 27.7 Å². The summed E-state index contributed by atoms with van der Waals surface area (Å²) in [6.45, 7) is 1.74. The molecule has 1 aromatic carbocycles. The molecule has 0 fully saturated rings. The number of anilines is 1. The summed E-state index contributed by atoms with van der Waals surface area (Å²) in [5.74, 6) is -0.298. The molecule has 0 aliphatic rings. The first-order valence-corrected chi connectivity index (χ1v) is 6.65. The highest BCUT2D eigenvalue weighted by molar-refractivity contribution is 5.39. The van der Waals surface area contributed by atoms with Crippen molar-refractivity contribution >= 4 is 5.82 Å². The predicted octanol–water partition coefficient (Wildman–Crippen LogP) is 2.19. The highest BCUT2D eigenvalue weighted by Gasteiger charge is 2.14. The lowest BCUT2D eigenvalue weighted by atomic mass is 10.1. The van der Waals surface area contributed by atoms with Crippen molar-refractivity contribution < 1.29 is 9.50 Å². The number of aliphatic hydroxyl groups excluding tert-OH is 1. The summed E-state index contributed by atoms with van der Waals surface area (Å²) in [4.78, 5) is 7.79. The zero-order valence-electron chi connectivity index (χ0n) is 11.4. The van der Waals surface area contributed by atoms with Gasteiger partial charge in [-0.05, 0) is 18.4 Å². The quantitative estimate of drug-likeness (QED) is 0.848. The fraction of sp³-hybridized carbons (Fsp3) is 0.333. The van der Waals surface area contributed by atoms with Crippen molar-refractivity contribution in [2.24, 2.45) is 0 Å². The fourth-order valence-corrected chi connectivity index (χ4v) is 2.01. The summed E-state index contributed by atoms with van der Waals surface area (Å²) >= 11 is 0. The molecule has 0 bridgehead atoms. The summed E-state index contributed by atoms with van der Waals surface area (Å²) in [6, 6.07) is 9.46. The third-order valence-corrected chi connectivity index (χ3v) is 3.08. The minimum atomic E-state index is -0.443. The number of rotatable bonds is 6. The SMILES string of the molecule is CCc1ncnc(N[C@H](CO)Cc2ccccc2)c1F. The van der Waals surface area contributed by atoms with Gasteiger partial charge in [-0.1, -0.05) is 37.3 Å². The molecule has 0 radical (unpaired) electrons. The highest BCUT2D eigenvalue weighted by atomic mass is 19.1. The van der Waals surface area contributed by atoms with Gasteiger partial charge < -0.3 is 10.4 Å². The minimum absolute atomic E-state index is 0.0974. The van der Waals surface area contributed by atoms with Crippen LogP contribution in [0.2, 0.25) is 0 Å². The second kappa shape index (κ2) is 6.96. The maximum atomic E-state index is 14.0. The van der Waals surface area contributed by atoms with Crippen LogP contribution in [0.1, 0.15) is 18.2 Å². The number of benzene rings is 1. The van der Waals surface area contributed by atoms with Crippen LogP contribution in [0.5, 0.6) is 0 Å². The molecule has 0 unspecified atom stereocenters. The summed E-state index contributed by atoms with van der Waals surface area (Å²) in [5.41, 5.74) is 1.45. The van der Waals surface area contributed by atoms with E-state index in [0.29, 0.717) is 18.5 Å². The lowest BCUT2D eigenvalue weighted by Gasteiger charge is -2.17. The Kier molecular flexibility index (Phi) is 5.01. The predicted molar refractivity (Wildman–Crippen MR) is 76.0 cm³/mol. The Morgan fingerprint density at radius 1 is 1.25 bits per heavy atom. The van der Waals surface area contributed by atoms with Crippen molar-refractivity contribution in [3.05, 3.63) is 53.7 Å². The Bertz CT molecular complexity index is 548. The Morgan fingerprint density at radius 2 is 2.00 bits per heavy atom. The average molecular weight is 275 g/mol. The Hall–Kier alpha value is -2.01. The van der Waals surface area contributed by atoms with Crippen molar-refractivity contribution in [2.75, 3.05) is 11.9 Å². The van der Waals surface area contributed by atoms with Crippen LogP contribution < -0.4 is 5.32 Å². The van der Waals surface area contributed by atoms with E-state index in [1.165, 1.54) is 6.33 Å². The molecular formula is C15H18FN3O. The first-order valence-electron chi connectivity index (χ1n) is 6.65. The topological polar surface area (TPSA) is 58.0 Å². The molecule has 0 aliphatic heterocycles. The first kappa shape index (κ1) is 14.4. The molecule has 0 aliphatic carbocycles. The maximum Gasteiger partial charge on any atom is 0.186 e. The van der Waals surface area contributed by atoms with Gasteiger partial charge in [-0.2, -0.15) is 0 Å². The molecule has 1 aromatic heterocycles. The Balaban J connectivity index is 2.10. The zero-order chi connectivity index (χ0) is 14.4. The second-order valence-corrected chi connectivity index (χ2v) is 4.55. The van der Waals surface area contributed by atoms with E-state index in [-0.39, 0.29) is 18.5 Å². The molecule has 2 rings (SSSR count). The van der Waals surface area contributed by atoms with Gasteiger partial charge >= 0.3 is 0 Å². The van der Waals surface area contributed by atoms with Crippen LogP contribution in [0.15, 0.2) is 36.7 Å². The summed E-state index contributed by atoms with van der Waals surface area (Å²) < 4.78 is 14.0. The van der Waals surface area contributed by atoms with Gasteiger partial charge in [0.05, 0.1) is 18.3 Å². The molecule has 5 heteroatoms. The van der Waals surface area contributed by atoms with Gasteiger partial charge in [0, 0.05) is 0 Å². The van der Waals surface area contributed by atoms with Crippen molar-refractivity contribution in [2.45, 2.75) is 25.8 Å². The molecule has 0 amide bonds.